The van der Waals surface area contributed by atoms with E-state index in [0.29, 0.717) is 6.54 Å². The van der Waals surface area contributed by atoms with E-state index >= 15 is 0 Å². The van der Waals surface area contributed by atoms with Gasteiger partial charge in [-0.15, -0.1) is 0 Å². The van der Waals surface area contributed by atoms with Crippen molar-refractivity contribution in [3.8, 4) is 0 Å². The number of nitrogen functional groups attached to an aromatic ring is 1. The maximum Gasteiger partial charge on any atom is 0.231 e. The minimum Gasteiger partial charge on any atom is -0.399 e. The van der Waals surface area contributed by atoms with E-state index < -0.39 is 0 Å². The highest BCUT2D eigenvalue weighted by Crippen LogP contribution is 2.32. The van der Waals surface area contributed by atoms with E-state index in [1.54, 1.807) is 0 Å². The number of carbonyl (C=O) groups is 1. The summed E-state index contributed by atoms with van der Waals surface area (Å²) in [6, 6.07) is 7.78. The molecule has 4 heteroatoms. The van der Waals surface area contributed by atoms with Gasteiger partial charge in [-0.1, -0.05) is 25.0 Å². The highest BCUT2D eigenvalue weighted by Gasteiger charge is 2.22. The normalized spacial score (nSPS) is 14.9. The molecule has 0 atom stereocenters. The van der Waals surface area contributed by atoms with Crippen LogP contribution in [0.5, 0.6) is 0 Å². The van der Waals surface area contributed by atoms with Gasteiger partial charge in [0, 0.05) is 12.2 Å². The van der Waals surface area contributed by atoms with Gasteiger partial charge in [0.25, 0.3) is 0 Å². The fourth-order valence-corrected chi connectivity index (χ4v) is 2.09. The molecule has 1 aliphatic rings. The Bertz CT molecular complexity index is 398. The maximum atomic E-state index is 11.1. The minimum atomic E-state index is -0.263. The number of nitrogens with zero attached hydrogens (tertiary/aromatic N) is 1. The molecule has 0 radical (unpaired) electrons. The molecular formula is C14H21N3O. The summed E-state index contributed by atoms with van der Waals surface area (Å²) in [7, 11) is 0. The first-order valence-corrected chi connectivity index (χ1v) is 6.48. The zero-order valence-electron chi connectivity index (χ0n) is 10.6. The number of anilines is 1. The summed E-state index contributed by atoms with van der Waals surface area (Å²) in [5, 5.41) is 0. The van der Waals surface area contributed by atoms with Crippen molar-refractivity contribution in [2.75, 3.05) is 18.8 Å². The molecule has 4 N–H and O–H groups in total. The van der Waals surface area contributed by atoms with Gasteiger partial charge >= 0.3 is 0 Å². The standard InChI is InChI=1S/C14H21N3O/c15-13-5-3-12(4-6-13)9-17(10-14(16)18)8-7-11-1-2-11/h3-6,11H,1-2,7-10,15H2,(H2,16,18). The largest absolute Gasteiger partial charge is 0.399 e. The molecule has 0 spiro atoms. The molecule has 98 valence electrons. The van der Waals surface area contributed by atoms with Gasteiger partial charge in [0.05, 0.1) is 6.54 Å². The number of primary amides is 1. The fourth-order valence-electron chi connectivity index (χ4n) is 2.09. The quantitative estimate of drug-likeness (QED) is 0.714. The van der Waals surface area contributed by atoms with Crippen molar-refractivity contribution in [1.29, 1.82) is 0 Å². The van der Waals surface area contributed by atoms with Gasteiger partial charge in [-0.25, -0.2) is 0 Å². The van der Waals surface area contributed by atoms with Crippen molar-refractivity contribution in [2.24, 2.45) is 11.7 Å². The van der Waals surface area contributed by atoms with Crippen molar-refractivity contribution in [1.82, 2.24) is 4.90 Å². The van der Waals surface area contributed by atoms with E-state index in [1.807, 2.05) is 24.3 Å². The molecule has 1 amide bonds. The van der Waals surface area contributed by atoms with E-state index in [2.05, 4.69) is 4.90 Å². The third-order valence-electron chi connectivity index (χ3n) is 3.32. The molecule has 0 unspecified atom stereocenters. The molecule has 4 nitrogen and oxygen atoms in total. The van der Waals surface area contributed by atoms with Crippen molar-refractivity contribution >= 4 is 11.6 Å². The third-order valence-corrected chi connectivity index (χ3v) is 3.32. The van der Waals surface area contributed by atoms with E-state index in [-0.39, 0.29) is 5.91 Å². The van der Waals surface area contributed by atoms with Crippen LogP contribution in [0.1, 0.15) is 24.8 Å². The summed E-state index contributed by atoms with van der Waals surface area (Å²) < 4.78 is 0. The van der Waals surface area contributed by atoms with Crippen LogP contribution in [0.15, 0.2) is 24.3 Å². The van der Waals surface area contributed by atoms with Crippen LogP contribution in [0, 0.1) is 5.92 Å². The number of hydrogen-bond acceptors (Lipinski definition) is 3. The molecule has 2 rings (SSSR count). The van der Waals surface area contributed by atoms with Crippen LogP contribution < -0.4 is 11.5 Å². The molecule has 1 aliphatic carbocycles. The lowest BCUT2D eigenvalue weighted by molar-refractivity contribution is -0.119. The van der Waals surface area contributed by atoms with Gasteiger partial charge < -0.3 is 11.5 Å². The number of amides is 1. The molecule has 0 aromatic heterocycles. The van der Waals surface area contributed by atoms with Crippen LogP contribution in [-0.2, 0) is 11.3 Å². The zero-order valence-corrected chi connectivity index (χ0v) is 10.6. The number of benzene rings is 1. The first-order chi connectivity index (χ1) is 8.63. The number of carbonyl (C=O) groups excluding carboxylic acids is 1. The van der Waals surface area contributed by atoms with Crippen LogP contribution in [0.25, 0.3) is 0 Å². The van der Waals surface area contributed by atoms with Gasteiger partial charge in [-0.05, 0) is 36.6 Å². The average molecular weight is 247 g/mol. The van der Waals surface area contributed by atoms with E-state index in [1.165, 1.54) is 24.8 Å². The third kappa shape index (κ3) is 4.37. The van der Waals surface area contributed by atoms with Crippen molar-refractivity contribution < 1.29 is 4.79 Å². The topological polar surface area (TPSA) is 72.4 Å². The SMILES string of the molecule is NC(=O)CN(CCC1CC1)Cc1ccc(N)cc1. The first-order valence-electron chi connectivity index (χ1n) is 6.48. The molecule has 18 heavy (non-hydrogen) atoms. The Hall–Kier alpha value is -1.55. The van der Waals surface area contributed by atoms with Crippen LogP contribution in [0.4, 0.5) is 5.69 Å². The highest BCUT2D eigenvalue weighted by molar-refractivity contribution is 5.75. The molecule has 1 fully saturated rings. The second-order valence-electron chi connectivity index (χ2n) is 5.15. The van der Waals surface area contributed by atoms with Crippen LogP contribution >= 0.6 is 0 Å². The average Bonchev–Trinajstić information content (AvgIpc) is 3.12. The Balaban J connectivity index is 1.89. The monoisotopic (exact) mass is 247 g/mol. The molecule has 0 saturated heterocycles. The number of rotatable bonds is 7. The summed E-state index contributed by atoms with van der Waals surface area (Å²) in [5.74, 6) is 0.605. The van der Waals surface area contributed by atoms with Gasteiger partial charge in [0.1, 0.15) is 0 Å². The molecular weight excluding hydrogens is 226 g/mol. The highest BCUT2D eigenvalue weighted by atomic mass is 16.1. The van der Waals surface area contributed by atoms with Gasteiger partial charge in [-0.2, -0.15) is 0 Å². The molecule has 1 aromatic carbocycles. The van der Waals surface area contributed by atoms with Crippen molar-refractivity contribution in [3.05, 3.63) is 29.8 Å². The maximum absolute atomic E-state index is 11.1. The van der Waals surface area contributed by atoms with E-state index in [0.717, 1.165) is 24.7 Å². The second kappa shape index (κ2) is 5.87. The van der Waals surface area contributed by atoms with Crippen molar-refractivity contribution in [3.63, 3.8) is 0 Å². The lowest BCUT2D eigenvalue weighted by atomic mass is 10.2. The summed E-state index contributed by atoms with van der Waals surface area (Å²) >= 11 is 0. The predicted molar refractivity (Wildman–Crippen MR) is 72.7 cm³/mol. The Labute approximate surface area is 108 Å². The minimum absolute atomic E-state index is 0.263. The van der Waals surface area contributed by atoms with Crippen molar-refractivity contribution in [2.45, 2.75) is 25.8 Å². The summed E-state index contributed by atoms with van der Waals surface area (Å²) in [4.78, 5) is 13.2. The Morgan fingerprint density at radius 3 is 2.50 bits per heavy atom. The second-order valence-corrected chi connectivity index (χ2v) is 5.15. The van der Waals surface area contributed by atoms with E-state index in [9.17, 15) is 4.79 Å². The van der Waals surface area contributed by atoms with Gasteiger partial charge in [-0.3, -0.25) is 9.69 Å². The molecule has 0 bridgehead atoms. The van der Waals surface area contributed by atoms with Gasteiger partial charge in [0.15, 0.2) is 0 Å². The number of hydrogen-bond donors (Lipinski definition) is 2. The summed E-state index contributed by atoms with van der Waals surface area (Å²) in [6.45, 7) is 2.03. The van der Waals surface area contributed by atoms with E-state index in [4.69, 9.17) is 11.5 Å². The Morgan fingerprint density at radius 2 is 1.94 bits per heavy atom. The van der Waals surface area contributed by atoms with Crippen LogP contribution in [0.2, 0.25) is 0 Å². The fraction of sp³-hybridized carbons (Fsp3) is 0.500. The lowest BCUT2D eigenvalue weighted by Crippen LogP contribution is -2.34. The predicted octanol–water partition coefficient (Wildman–Crippen LogP) is 1.36. The number of nitrogens with two attached hydrogens (primary N) is 2. The van der Waals surface area contributed by atoms with Crippen LogP contribution in [-0.4, -0.2) is 23.9 Å². The molecule has 1 saturated carbocycles. The zero-order chi connectivity index (χ0) is 13.0. The summed E-state index contributed by atoms with van der Waals surface area (Å²) in [6.07, 6.45) is 3.85. The molecule has 0 aliphatic heterocycles. The summed E-state index contributed by atoms with van der Waals surface area (Å²) in [5.41, 5.74) is 12.9. The van der Waals surface area contributed by atoms with Crippen LogP contribution in [0.3, 0.4) is 0 Å². The van der Waals surface area contributed by atoms with Gasteiger partial charge in [0.2, 0.25) is 5.91 Å². The smallest absolute Gasteiger partial charge is 0.231 e. The Kier molecular flexibility index (Phi) is 4.20. The Morgan fingerprint density at radius 1 is 1.28 bits per heavy atom. The lowest BCUT2D eigenvalue weighted by Gasteiger charge is -2.20. The molecule has 0 heterocycles. The first kappa shape index (κ1) is 12.9. The molecule has 1 aromatic rings.